The van der Waals surface area contributed by atoms with Crippen LogP contribution in [0.1, 0.15) is 37.0 Å². The molecule has 1 aromatic carbocycles. The predicted molar refractivity (Wildman–Crippen MR) is 79.4 cm³/mol. The summed E-state index contributed by atoms with van der Waals surface area (Å²) in [7, 11) is 0. The van der Waals surface area contributed by atoms with E-state index >= 15 is 0 Å². The summed E-state index contributed by atoms with van der Waals surface area (Å²) in [5, 5.41) is 0. The molecule has 1 aromatic heterocycles. The van der Waals surface area contributed by atoms with Crippen LogP contribution in [0.3, 0.4) is 0 Å². The molecule has 0 saturated carbocycles. The average Bonchev–Trinajstić information content (AvgIpc) is 2.89. The van der Waals surface area contributed by atoms with Gasteiger partial charge in [-0.15, -0.1) is 0 Å². The first-order valence-electron chi connectivity index (χ1n) is 6.42. The van der Waals surface area contributed by atoms with E-state index in [1.807, 2.05) is 37.3 Å². The van der Waals surface area contributed by atoms with Crippen LogP contribution in [0.25, 0.3) is 0 Å². The third-order valence-corrected chi connectivity index (χ3v) is 3.44. The van der Waals surface area contributed by atoms with E-state index in [4.69, 9.17) is 14.9 Å². The van der Waals surface area contributed by atoms with Crippen LogP contribution in [-0.4, -0.2) is 6.61 Å². The highest BCUT2D eigenvalue weighted by atomic mass is 79.9. The summed E-state index contributed by atoms with van der Waals surface area (Å²) in [6.07, 6.45) is 0.865. The summed E-state index contributed by atoms with van der Waals surface area (Å²) in [4.78, 5) is 0. The van der Waals surface area contributed by atoms with Crippen molar-refractivity contribution in [2.75, 3.05) is 6.61 Å². The number of hydrogen-bond donors (Lipinski definition) is 1. The molecular weight excluding hydrogens is 306 g/mol. The SMILES string of the molecule is CCOc1ccc(Br)cc1C(N)c1ccc(CC)o1. The van der Waals surface area contributed by atoms with E-state index in [1.54, 1.807) is 0 Å². The van der Waals surface area contributed by atoms with Crippen molar-refractivity contribution < 1.29 is 9.15 Å². The second-order valence-electron chi connectivity index (χ2n) is 4.25. The monoisotopic (exact) mass is 323 g/mol. The Kier molecular flexibility index (Phi) is 4.66. The molecule has 0 saturated heterocycles. The summed E-state index contributed by atoms with van der Waals surface area (Å²) in [5.74, 6) is 2.50. The van der Waals surface area contributed by atoms with E-state index in [0.29, 0.717) is 6.61 Å². The molecule has 0 amide bonds. The minimum atomic E-state index is -0.320. The fraction of sp³-hybridized carbons (Fsp3) is 0.333. The van der Waals surface area contributed by atoms with Crippen LogP contribution in [0.2, 0.25) is 0 Å². The van der Waals surface area contributed by atoms with Gasteiger partial charge < -0.3 is 14.9 Å². The van der Waals surface area contributed by atoms with E-state index in [0.717, 1.165) is 33.7 Å². The number of ether oxygens (including phenoxy) is 1. The van der Waals surface area contributed by atoms with Gasteiger partial charge in [0.25, 0.3) is 0 Å². The van der Waals surface area contributed by atoms with E-state index in [2.05, 4.69) is 22.9 Å². The minimum absolute atomic E-state index is 0.320. The van der Waals surface area contributed by atoms with Crippen LogP contribution in [0.15, 0.2) is 39.2 Å². The number of rotatable bonds is 5. The van der Waals surface area contributed by atoms with Gasteiger partial charge in [0.15, 0.2) is 0 Å². The molecule has 1 heterocycles. The molecule has 0 fully saturated rings. The molecular formula is C15H18BrNO2. The third-order valence-electron chi connectivity index (χ3n) is 2.94. The van der Waals surface area contributed by atoms with Gasteiger partial charge in [-0.2, -0.15) is 0 Å². The Morgan fingerprint density at radius 3 is 2.68 bits per heavy atom. The summed E-state index contributed by atoms with van der Waals surface area (Å²) in [6, 6.07) is 9.42. The maximum absolute atomic E-state index is 6.29. The molecule has 4 heteroatoms. The van der Waals surface area contributed by atoms with Crippen molar-refractivity contribution in [2.45, 2.75) is 26.3 Å². The van der Waals surface area contributed by atoms with Gasteiger partial charge in [0.05, 0.1) is 12.6 Å². The first-order valence-corrected chi connectivity index (χ1v) is 7.21. The second-order valence-corrected chi connectivity index (χ2v) is 5.17. The highest BCUT2D eigenvalue weighted by molar-refractivity contribution is 9.10. The molecule has 1 atom stereocenters. The lowest BCUT2D eigenvalue weighted by atomic mass is 10.0. The van der Waals surface area contributed by atoms with E-state index < -0.39 is 0 Å². The molecule has 0 aliphatic heterocycles. The number of benzene rings is 1. The lowest BCUT2D eigenvalue weighted by Gasteiger charge is -2.15. The van der Waals surface area contributed by atoms with Gasteiger partial charge in [0, 0.05) is 16.5 Å². The maximum Gasteiger partial charge on any atom is 0.125 e. The largest absolute Gasteiger partial charge is 0.494 e. The van der Waals surface area contributed by atoms with Crippen molar-refractivity contribution >= 4 is 15.9 Å². The third kappa shape index (κ3) is 3.19. The van der Waals surface area contributed by atoms with Gasteiger partial charge in [-0.25, -0.2) is 0 Å². The molecule has 0 radical (unpaired) electrons. The highest BCUT2D eigenvalue weighted by Gasteiger charge is 2.18. The Bertz CT molecular complexity index is 551. The lowest BCUT2D eigenvalue weighted by molar-refractivity contribution is 0.333. The van der Waals surface area contributed by atoms with Crippen molar-refractivity contribution in [3.63, 3.8) is 0 Å². The Balaban J connectivity index is 2.36. The number of nitrogens with two attached hydrogens (primary N) is 1. The van der Waals surface area contributed by atoms with Gasteiger partial charge in [-0.3, -0.25) is 0 Å². The molecule has 0 aliphatic carbocycles. The fourth-order valence-electron chi connectivity index (χ4n) is 1.95. The molecule has 3 nitrogen and oxygen atoms in total. The summed E-state index contributed by atoms with van der Waals surface area (Å²) in [5.41, 5.74) is 7.21. The van der Waals surface area contributed by atoms with Crippen LogP contribution < -0.4 is 10.5 Å². The van der Waals surface area contributed by atoms with Crippen LogP contribution >= 0.6 is 15.9 Å². The van der Waals surface area contributed by atoms with Gasteiger partial charge in [-0.05, 0) is 37.3 Å². The highest BCUT2D eigenvalue weighted by Crippen LogP contribution is 2.32. The van der Waals surface area contributed by atoms with Gasteiger partial charge in [-0.1, -0.05) is 22.9 Å². The molecule has 0 aliphatic rings. The fourth-order valence-corrected chi connectivity index (χ4v) is 2.33. The Morgan fingerprint density at radius 2 is 2.05 bits per heavy atom. The Hall–Kier alpha value is -1.26. The predicted octanol–water partition coefficient (Wildman–Crippen LogP) is 4.05. The number of aryl methyl sites for hydroxylation is 1. The standard InChI is InChI=1S/C15H18BrNO2/c1-3-11-6-8-14(19-11)15(17)12-9-10(16)5-7-13(12)18-4-2/h5-9,15H,3-4,17H2,1-2H3. The number of furan rings is 1. The molecule has 0 bridgehead atoms. The van der Waals surface area contributed by atoms with E-state index in [-0.39, 0.29) is 6.04 Å². The molecule has 1 unspecified atom stereocenters. The van der Waals surface area contributed by atoms with Crippen molar-refractivity contribution in [3.8, 4) is 5.75 Å². The van der Waals surface area contributed by atoms with Crippen molar-refractivity contribution in [1.29, 1.82) is 0 Å². The smallest absolute Gasteiger partial charge is 0.125 e. The molecule has 0 spiro atoms. The molecule has 19 heavy (non-hydrogen) atoms. The topological polar surface area (TPSA) is 48.4 Å². The van der Waals surface area contributed by atoms with Crippen molar-refractivity contribution in [3.05, 3.63) is 51.9 Å². The first-order chi connectivity index (χ1) is 9.15. The van der Waals surface area contributed by atoms with Gasteiger partial charge >= 0.3 is 0 Å². The first kappa shape index (κ1) is 14.2. The second kappa shape index (κ2) is 6.26. The van der Waals surface area contributed by atoms with E-state index in [1.165, 1.54) is 0 Å². The Morgan fingerprint density at radius 1 is 1.26 bits per heavy atom. The van der Waals surface area contributed by atoms with Crippen molar-refractivity contribution in [2.24, 2.45) is 5.73 Å². The van der Waals surface area contributed by atoms with Gasteiger partial charge in [0.1, 0.15) is 17.3 Å². The van der Waals surface area contributed by atoms with Crippen LogP contribution in [0.5, 0.6) is 5.75 Å². The molecule has 2 N–H and O–H groups in total. The molecule has 2 aromatic rings. The molecule has 2 rings (SSSR count). The van der Waals surface area contributed by atoms with Crippen LogP contribution in [0.4, 0.5) is 0 Å². The van der Waals surface area contributed by atoms with Crippen LogP contribution in [-0.2, 0) is 6.42 Å². The summed E-state index contributed by atoms with van der Waals surface area (Å²) in [6.45, 7) is 4.62. The minimum Gasteiger partial charge on any atom is -0.494 e. The van der Waals surface area contributed by atoms with E-state index in [9.17, 15) is 0 Å². The summed E-state index contributed by atoms with van der Waals surface area (Å²) >= 11 is 3.47. The zero-order valence-corrected chi connectivity index (χ0v) is 12.7. The van der Waals surface area contributed by atoms with Crippen LogP contribution in [0, 0.1) is 0 Å². The lowest BCUT2D eigenvalue weighted by Crippen LogP contribution is -2.13. The number of hydrogen-bond acceptors (Lipinski definition) is 3. The Labute approximate surface area is 121 Å². The normalized spacial score (nSPS) is 12.4. The summed E-state index contributed by atoms with van der Waals surface area (Å²) < 4.78 is 12.3. The quantitative estimate of drug-likeness (QED) is 0.902. The maximum atomic E-state index is 6.29. The van der Waals surface area contributed by atoms with Crippen molar-refractivity contribution in [1.82, 2.24) is 0 Å². The zero-order chi connectivity index (χ0) is 13.8. The zero-order valence-electron chi connectivity index (χ0n) is 11.2. The molecule has 102 valence electrons. The van der Waals surface area contributed by atoms with Gasteiger partial charge in [0.2, 0.25) is 0 Å². The number of halogens is 1. The average molecular weight is 324 g/mol.